The van der Waals surface area contributed by atoms with Gasteiger partial charge in [0.1, 0.15) is 17.2 Å². The van der Waals surface area contributed by atoms with Crippen LogP contribution in [0.4, 0.5) is 15.9 Å². The molecule has 0 radical (unpaired) electrons. The van der Waals surface area contributed by atoms with E-state index in [9.17, 15) is 14.3 Å². The zero-order chi connectivity index (χ0) is 22.7. The zero-order valence-corrected chi connectivity index (χ0v) is 17.1. The van der Waals surface area contributed by atoms with Gasteiger partial charge in [0.05, 0.1) is 17.1 Å². The summed E-state index contributed by atoms with van der Waals surface area (Å²) >= 11 is 0. The van der Waals surface area contributed by atoms with Crippen molar-refractivity contribution < 1.29 is 14.3 Å². The second kappa shape index (κ2) is 9.01. The number of carboxylic acid groups (broad SMARTS) is 1. The smallest absolute Gasteiger partial charge is 0.340 e. The number of nitrogens with one attached hydrogen (secondary N) is 1. The van der Waals surface area contributed by atoms with Gasteiger partial charge in [-0.15, -0.1) is 0 Å². The van der Waals surface area contributed by atoms with Crippen LogP contribution in [0.15, 0.2) is 72.8 Å². The van der Waals surface area contributed by atoms with Crippen LogP contribution in [0.25, 0.3) is 16.9 Å². The van der Waals surface area contributed by atoms with Gasteiger partial charge in [0.25, 0.3) is 0 Å². The third-order valence-corrected chi connectivity index (χ3v) is 5.12. The summed E-state index contributed by atoms with van der Waals surface area (Å²) in [4.78, 5) is 11.6. The standard InChI is InChI=1S/C24H22FN5O2/c25-18-5-3-6-19(23(18)24(31)32)28-22-12-20(16-10-8-15(13-26)9-11-16)29-30(22)21-7-2-1-4-17(21)14-27/h1-12,28H,13-14,26-27H2,(H,31,32). The van der Waals surface area contributed by atoms with E-state index in [1.54, 1.807) is 10.7 Å². The first kappa shape index (κ1) is 21.2. The molecule has 6 N–H and O–H groups in total. The Balaban J connectivity index is 1.86. The normalized spacial score (nSPS) is 10.8. The Labute approximate surface area is 184 Å². The van der Waals surface area contributed by atoms with E-state index in [2.05, 4.69) is 5.32 Å². The van der Waals surface area contributed by atoms with Crippen molar-refractivity contribution in [3.63, 3.8) is 0 Å². The average Bonchev–Trinajstić information content (AvgIpc) is 3.22. The Bertz CT molecular complexity index is 1270. The summed E-state index contributed by atoms with van der Waals surface area (Å²) in [6, 6.07) is 21.0. The van der Waals surface area contributed by atoms with Crippen molar-refractivity contribution in [2.75, 3.05) is 5.32 Å². The molecule has 0 saturated carbocycles. The number of nitrogens with zero attached hydrogens (tertiary/aromatic N) is 2. The lowest BCUT2D eigenvalue weighted by Crippen LogP contribution is -2.10. The highest BCUT2D eigenvalue weighted by molar-refractivity contribution is 5.95. The topological polar surface area (TPSA) is 119 Å². The maximum absolute atomic E-state index is 14.2. The number of nitrogens with two attached hydrogens (primary N) is 2. The average molecular weight is 431 g/mol. The third-order valence-electron chi connectivity index (χ3n) is 5.12. The second-order valence-electron chi connectivity index (χ2n) is 7.15. The molecule has 1 heterocycles. The van der Waals surface area contributed by atoms with Gasteiger partial charge in [-0.05, 0) is 29.3 Å². The summed E-state index contributed by atoms with van der Waals surface area (Å²) in [5, 5.41) is 17.3. The van der Waals surface area contributed by atoms with Crippen LogP contribution in [0.5, 0.6) is 0 Å². The van der Waals surface area contributed by atoms with E-state index < -0.39 is 17.3 Å². The second-order valence-corrected chi connectivity index (χ2v) is 7.15. The maximum atomic E-state index is 14.2. The van der Waals surface area contributed by atoms with Gasteiger partial charge >= 0.3 is 5.97 Å². The van der Waals surface area contributed by atoms with Gasteiger partial charge < -0.3 is 21.9 Å². The molecule has 8 heteroatoms. The first-order valence-corrected chi connectivity index (χ1v) is 9.98. The number of hydrogen-bond donors (Lipinski definition) is 4. The molecule has 4 rings (SSSR count). The van der Waals surface area contributed by atoms with E-state index in [1.807, 2.05) is 48.5 Å². The number of anilines is 2. The van der Waals surface area contributed by atoms with Crippen molar-refractivity contribution in [1.29, 1.82) is 0 Å². The molecule has 0 spiro atoms. The van der Waals surface area contributed by atoms with Crippen LogP contribution in [0.3, 0.4) is 0 Å². The quantitative estimate of drug-likeness (QED) is 0.351. The van der Waals surface area contributed by atoms with Crippen LogP contribution >= 0.6 is 0 Å². The molecule has 0 aliphatic carbocycles. The predicted octanol–water partition coefficient (Wildman–Crippen LogP) is 4.04. The number of hydrogen-bond acceptors (Lipinski definition) is 5. The number of aromatic carboxylic acids is 1. The van der Waals surface area contributed by atoms with E-state index in [-0.39, 0.29) is 12.2 Å². The van der Waals surface area contributed by atoms with E-state index in [4.69, 9.17) is 16.6 Å². The fourth-order valence-electron chi connectivity index (χ4n) is 3.48. The van der Waals surface area contributed by atoms with Gasteiger partial charge in [0.2, 0.25) is 0 Å². The summed E-state index contributed by atoms with van der Waals surface area (Å²) < 4.78 is 15.9. The first-order chi connectivity index (χ1) is 15.5. The highest BCUT2D eigenvalue weighted by Crippen LogP contribution is 2.30. The minimum absolute atomic E-state index is 0.119. The lowest BCUT2D eigenvalue weighted by atomic mass is 10.1. The van der Waals surface area contributed by atoms with Crippen LogP contribution in [0.1, 0.15) is 21.5 Å². The molecule has 0 aliphatic heterocycles. The van der Waals surface area contributed by atoms with Crippen LogP contribution in [-0.4, -0.2) is 20.9 Å². The molecule has 162 valence electrons. The monoisotopic (exact) mass is 431 g/mol. The molecule has 4 aromatic rings. The Morgan fingerprint density at radius 3 is 2.44 bits per heavy atom. The van der Waals surface area contributed by atoms with Crippen molar-refractivity contribution in [2.24, 2.45) is 11.5 Å². The van der Waals surface area contributed by atoms with Gasteiger partial charge in [-0.1, -0.05) is 48.5 Å². The van der Waals surface area contributed by atoms with Crippen LogP contribution in [0.2, 0.25) is 0 Å². The largest absolute Gasteiger partial charge is 0.478 e. The number of para-hydroxylation sites is 1. The molecule has 7 nitrogen and oxygen atoms in total. The lowest BCUT2D eigenvalue weighted by Gasteiger charge is -2.14. The van der Waals surface area contributed by atoms with Gasteiger partial charge in [-0.25, -0.2) is 13.9 Å². The van der Waals surface area contributed by atoms with Gasteiger partial charge in [-0.3, -0.25) is 0 Å². The molecule has 0 saturated heterocycles. The summed E-state index contributed by atoms with van der Waals surface area (Å²) in [5.74, 6) is -1.72. The highest BCUT2D eigenvalue weighted by atomic mass is 19.1. The summed E-state index contributed by atoms with van der Waals surface area (Å²) in [7, 11) is 0. The maximum Gasteiger partial charge on any atom is 0.340 e. The number of rotatable bonds is 7. The Kier molecular flexibility index (Phi) is 5.98. The zero-order valence-electron chi connectivity index (χ0n) is 17.1. The molecule has 32 heavy (non-hydrogen) atoms. The number of carboxylic acids is 1. The Morgan fingerprint density at radius 1 is 1.00 bits per heavy atom. The highest BCUT2D eigenvalue weighted by Gasteiger charge is 2.19. The van der Waals surface area contributed by atoms with Crippen molar-refractivity contribution in [3.05, 3.63) is 95.3 Å². The Hall–Kier alpha value is -4.01. The minimum atomic E-state index is -1.36. The van der Waals surface area contributed by atoms with Gasteiger partial charge in [0.15, 0.2) is 0 Å². The lowest BCUT2D eigenvalue weighted by molar-refractivity contribution is 0.0693. The molecule has 3 aromatic carbocycles. The number of halogens is 1. The number of aromatic nitrogens is 2. The van der Waals surface area contributed by atoms with Gasteiger partial charge in [-0.2, -0.15) is 5.10 Å². The molecular formula is C24H22FN5O2. The SMILES string of the molecule is NCc1ccc(-c2cc(Nc3cccc(F)c3C(=O)O)n(-c3ccccc3CN)n2)cc1. The minimum Gasteiger partial charge on any atom is -0.478 e. The van der Waals surface area contributed by atoms with E-state index >= 15 is 0 Å². The van der Waals surface area contributed by atoms with Crippen molar-refractivity contribution in [2.45, 2.75) is 13.1 Å². The van der Waals surface area contributed by atoms with Crippen LogP contribution < -0.4 is 16.8 Å². The molecule has 0 bridgehead atoms. The molecule has 0 atom stereocenters. The molecule has 0 fully saturated rings. The molecule has 0 aliphatic rings. The molecular weight excluding hydrogens is 409 g/mol. The van der Waals surface area contributed by atoms with Crippen LogP contribution in [-0.2, 0) is 13.1 Å². The fourth-order valence-corrected chi connectivity index (χ4v) is 3.48. The van der Waals surface area contributed by atoms with Crippen LogP contribution in [0, 0.1) is 5.82 Å². The summed E-state index contributed by atoms with van der Waals surface area (Å²) in [5.41, 5.74) is 15.4. The summed E-state index contributed by atoms with van der Waals surface area (Å²) in [6.45, 7) is 0.722. The third kappa shape index (κ3) is 4.09. The predicted molar refractivity (Wildman–Crippen MR) is 121 cm³/mol. The van der Waals surface area contributed by atoms with Crippen molar-refractivity contribution in [1.82, 2.24) is 9.78 Å². The van der Waals surface area contributed by atoms with E-state index in [0.29, 0.717) is 18.1 Å². The van der Waals surface area contributed by atoms with E-state index in [0.717, 1.165) is 28.4 Å². The summed E-state index contributed by atoms with van der Waals surface area (Å²) in [6.07, 6.45) is 0. The van der Waals surface area contributed by atoms with Crippen molar-refractivity contribution in [3.8, 4) is 16.9 Å². The fraction of sp³-hybridized carbons (Fsp3) is 0.0833. The number of benzene rings is 3. The molecule has 0 amide bonds. The first-order valence-electron chi connectivity index (χ1n) is 9.98. The van der Waals surface area contributed by atoms with E-state index in [1.165, 1.54) is 12.1 Å². The molecule has 1 aromatic heterocycles. The number of carbonyl (C=O) groups is 1. The molecule has 0 unspecified atom stereocenters. The Morgan fingerprint density at radius 2 is 1.75 bits per heavy atom. The van der Waals surface area contributed by atoms with Crippen molar-refractivity contribution >= 4 is 17.5 Å². The van der Waals surface area contributed by atoms with Gasteiger partial charge in [0, 0.05) is 24.7 Å².